The van der Waals surface area contributed by atoms with E-state index in [2.05, 4.69) is 0 Å². The van der Waals surface area contributed by atoms with Crippen LogP contribution in [0.1, 0.15) is 30.6 Å². The van der Waals surface area contributed by atoms with Crippen LogP contribution in [0.25, 0.3) is 0 Å². The van der Waals surface area contributed by atoms with Gasteiger partial charge in [-0.15, -0.1) is 0 Å². The largest absolute Gasteiger partial charge is 0.493 e. The lowest BCUT2D eigenvalue weighted by Crippen LogP contribution is -2.36. The summed E-state index contributed by atoms with van der Waals surface area (Å²) >= 11 is 0. The summed E-state index contributed by atoms with van der Waals surface area (Å²) in [6, 6.07) is 5.38. The van der Waals surface area contributed by atoms with Gasteiger partial charge in [0.1, 0.15) is 5.60 Å². The molecule has 0 unspecified atom stereocenters. The van der Waals surface area contributed by atoms with Gasteiger partial charge in [0.2, 0.25) is 0 Å². The first kappa shape index (κ1) is 10.0. The van der Waals surface area contributed by atoms with Crippen molar-refractivity contribution in [2.24, 2.45) is 0 Å². The molecule has 0 fully saturated rings. The number of carbonyl (C=O) groups excluding carboxylic acids is 1. The number of methoxy groups -OCH3 is 1. The van der Waals surface area contributed by atoms with Crippen molar-refractivity contribution in [2.45, 2.75) is 25.9 Å². The number of benzene rings is 1. The van der Waals surface area contributed by atoms with Crippen LogP contribution < -0.4 is 9.47 Å². The second-order valence-electron chi connectivity index (χ2n) is 4.30. The molecule has 2 rings (SSSR count). The lowest BCUT2D eigenvalue weighted by Gasteiger charge is -2.32. The Bertz CT molecular complexity index is 407. The minimum atomic E-state index is -0.446. The fourth-order valence-corrected chi connectivity index (χ4v) is 1.80. The summed E-state index contributed by atoms with van der Waals surface area (Å²) in [4.78, 5) is 11.8. The number of fused-ring (bicyclic) bond motifs is 1. The highest BCUT2D eigenvalue weighted by molar-refractivity contribution is 6.01. The molecule has 0 aliphatic carbocycles. The Morgan fingerprint density at radius 1 is 1.40 bits per heavy atom. The van der Waals surface area contributed by atoms with E-state index in [0.29, 0.717) is 23.5 Å². The van der Waals surface area contributed by atoms with E-state index >= 15 is 0 Å². The van der Waals surface area contributed by atoms with Crippen LogP contribution in [0.2, 0.25) is 0 Å². The van der Waals surface area contributed by atoms with Crippen molar-refractivity contribution in [1.82, 2.24) is 0 Å². The Labute approximate surface area is 89.0 Å². The van der Waals surface area contributed by atoms with E-state index in [4.69, 9.17) is 9.47 Å². The zero-order chi connectivity index (χ0) is 11.1. The molecule has 1 heterocycles. The van der Waals surface area contributed by atoms with E-state index in [1.54, 1.807) is 25.3 Å². The third-order valence-electron chi connectivity index (χ3n) is 2.46. The molecule has 0 saturated heterocycles. The van der Waals surface area contributed by atoms with E-state index in [-0.39, 0.29) is 5.78 Å². The maximum absolute atomic E-state index is 11.8. The summed E-state index contributed by atoms with van der Waals surface area (Å²) in [5, 5.41) is 0. The average Bonchev–Trinajstić information content (AvgIpc) is 2.15. The molecule has 0 saturated carbocycles. The molecule has 1 aliphatic rings. The maximum Gasteiger partial charge on any atom is 0.172 e. The number of ketones is 1. The van der Waals surface area contributed by atoms with Crippen LogP contribution in [0.4, 0.5) is 0 Å². The SMILES string of the molecule is COc1cccc2c1OC(C)(C)CC2=O. The van der Waals surface area contributed by atoms with Crippen LogP contribution in [0.5, 0.6) is 11.5 Å². The first-order valence-corrected chi connectivity index (χ1v) is 4.93. The maximum atomic E-state index is 11.8. The monoisotopic (exact) mass is 206 g/mol. The van der Waals surface area contributed by atoms with Crippen molar-refractivity contribution in [1.29, 1.82) is 0 Å². The van der Waals surface area contributed by atoms with Crippen LogP contribution in [0, 0.1) is 0 Å². The third-order valence-corrected chi connectivity index (χ3v) is 2.46. The average molecular weight is 206 g/mol. The summed E-state index contributed by atoms with van der Waals surface area (Å²) in [6.45, 7) is 3.81. The molecule has 1 aromatic rings. The highest BCUT2D eigenvalue weighted by atomic mass is 16.5. The van der Waals surface area contributed by atoms with Gasteiger partial charge in [0.05, 0.1) is 19.1 Å². The van der Waals surface area contributed by atoms with E-state index < -0.39 is 5.60 Å². The molecule has 0 atom stereocenters. The van der Waals surface area contributed by atoms with Crippen molar-refractivity contribution in [3.05, 3.63) is 23.8 Å². The molecule has 0 amide bonds. The van der Waals surface area contributed by atoms with Crippen molar-refractivity contribution < 1.29 is 14.3 Å². The van der Waals surface area contributed by atoms with E-state index in [0.717, 1.165) is 0 Å². The molecule has 1 aliphatic heterocycles. The number of carbonyl (C=O) groups is 1. The van der Waals surface area contributed by atoms with Gasteiger partial charge >= 0.3 is 0 Å². The Balaban J connectivity index is 2.55. The molecule has 0 N–H and O–H groups in total. The molecule has 80 valence electrons. The fraction of sp³-hybridized carbons (Fsp3) is 0.417. The van der Waals surface area contributed by atoms with Crippen molar-refractivity contribution in [2.75, 3.05) is 7.11 Å². The van der Waals surface area contributed by atoms with Gasteiger partial charge in [0, 0.05) is 0 Å². The Hall–Kier alpha value is -1.51. The first-order chi connectivity index (χ1) is 7.03. The number of hydrogen-bond donors (Lipinski definition) is 0. The molecule has 3 nitrogen and oxygen atoms in total. The van der Waals surface area contributed by atoms with Gasteiger partial charge in [-0.25, -0.2) is 0 Å². The highest BCUT2D eigenvalue weighted by Crippen LogP contribution is 2.39. The molecule has 0 bridgehead atoms. The van der Waals surface area contributed by atoms with Crippen LogP contribution in [0.15, 0.2) is 18.2 Å². The molecule has 3 heteroatoms. The second kappa shape index (κ2) is 3.26. The number of para-hydroxylation sites is 1. The van der Waals surface area contributed by atoms with Crippen molar-refractivity contribution in [3.63, 3.8) is 0 Å². The highest BCUT2D eigenvalue weighted by Gasteiger charge is 2.34. The van der Waals surface area contributed by atoms with E-state index in [1.165, 1.54) is 0 Å². The molecular weight excluding hydrogens is 192 g/mol. The number of rotatable bonds is 1. The minimum absolute atomic E-state index is 0.111. The summed E-state index contributed by atoms with van der Waals surface area (Å²) < 4.78 is 10.9. The topological polar surface area (TPSA) is 35.5 Å². The van der Waals surface area contributed by atoms with Crippen LogP contribution >= 0.6 is 0 Å². The number of ether oxygens (including phenoxy) is 2. The van der Waals surface area contributed by atoms with Gasteiger partial charge in [0.15, 0.2) is 17.3 Å². The second-order valence-corrected chi connectivity index (χ2v) is 4.30. The molecule has 0 radical (unpaired) electrons. The third kappa shape index (κ3) is 1.69. The molecule has 0 spiro atoms. The molecule has 0 aromatic heterocycles. The number of Topliss-reactive ketones (excluding diaryl/α,β-unsaturated/α-hetero) is 1. The van der Waals surface area contributed by atoms with Gasteiger partial charge in [-0.2, -0.15) is 0 Å². The molecular formula is C12H14O3. The predicted octanol–water partition coefficient (Wildman–Crippen LogP) is 2.44. The quantitative estimate of drug-likeness (QED) is 0.708. The zero-order valence-corrected chi connectivity index (χ0v) is 9.16. The first-order valence-electron chi connectivity index (χ1n) is 4.93. The van der Waals surface area contributed by atoms with Crippen LogP contribution in [-0.4, -0.2) is 18.5 Å². The van der Waals surface area contributed by atoms with E-state index in [1.807, 2.05) is 13.8 Å². The van der Waals surface area contributed by atoms with Crippen molar-refractivity contribution >= 4 is 5.78 Å². The normalized spacial score (nSPS) is 17.9. The lowest BCUT2D eigenvalue weighted by atomic mass is 9.93. The Kier molecular flexibility index (Phi) is 2.18. The standard InChI is InChI=1S/C12H14O3/c1-12(2)7-9(13)8-5-4-6-10(14-3)11(8)15-12/h4-6H,7H2,1-3H3. The Morgan fingerprint density at radius 2 is 2.13 bits per heavy atom. The van der Waals surface area contributed by atoms with Crippen molar-refractivity contribution in [3.8, 4) is 11.5 Å². The smallest absolute Gasteiger partial charge is 0.172 e. The summed E-state index contributed by atoms with van der Waals surface area (Å²) in [5.41, 5.74) is 0.173. The van der Waals surface area contributed by atoms with Gasteiger partial charge in [-0.1, -0.05) is 6.07 Å². The summed E-state index contributed by atoms with van der Waals surface area (Å²) in [6.07, 6.45) is 0.410. The van der Waals surface area contributed by atoms with Gasteiger partial charge in [-0.05, 0) is 26.0 Å². The van der Waals surface area contributed by atoms with Gasteiger partial charge < -0.3 is 9.47 Å². The minimum Gasteiger partial charge on any atom is -0.493 e. The lowest BCUT2D eigenvalue weighted by molar-refractivity contribution is 0.0601. The van der Waals surface area contributed by atoms with Crippen LogP contribution in [-0.2, 0) is 0 Å². The van der Waals surface area contributed by atoms with Gasteiger partial charge in [0.25, 0.3) is 0 Å². The fourth-order valence-electron chi connectivity index (χ4n) is 1.80. The van der Waals surface area contributed by atoms with E-state index in [9.17, 15) is 4.79 Å². The summed E-state index contributed by atoms with van der Waals surface area (Å²) in [7, 11) is 1.57. The van der Waals surface area contributed by atoms with Gasteiger partial charge in [-0.3, -0.25) is 4.79 Å². The zero-order valence-electron chi connectivity index (χ0n) is 9.16. The molecule has 15 heavy (non-hydrogen) atoms. The Morgan fingerprint density at radius 3 is 2.80 bits per heavy atom. The predicted molar refractivity (Wildman–Crippen MR) is 56.6 cm³/mol. The van der Waals surface area contributed by atoms with Crippen LogP contribution in [0.3, 0.4) is 0 Å². The number of hydrogen-bond acceptors (Lipinski definition) is 3. The summed E-state index contributed by atoms with van der Waals surface area (Å²) in [5.74, 6) is 1.30. The molecule has 1 aromatic carbocycles.